The Kier molecular flexibility index (Phi) is 5.67. The molecule has 0 bridgehead atoms. The number of carbonyl (C=O) groups is 2. The lowest BCUT2D eigenvalue weighted by molar-refractivity contribution is -0.132. The summed E-state index contributed by atoms with van der Waals surface area (Å²) in [4.78, 5) is 31.7. The number of anilines is 1. The fourth-order valence-corrected chi connectivity index (χ4v) is 3.95. The minimum atomic E-state index is -0.944. The predicted molar refractivity (Wildman–Crippen MR) is 118 cm³/mol. The average molecular weight is 455 g/mol. The van der Waals surface area contributed by atoms with Gasteiger partial charge < -0.3 is 9.84 Å². The van der Waals surface area contributed by atoms with E-state index in [1.807, 2.05) is 0 Å². The average Bonchev–Trinajstić information content (AvgIpc) is 3.04. The van der Waals surface area contributed by atoms with Crippen LogP contribution in [0.4, 0.5) is 5.69 Å². The summed E-state index contributed by atoms with van der Waals surface area (Å²) >= 11 is 12.3. The largest absolute Gasteiger partial charge is 0.507 e. The highest BCUT2D eigenvalue weighted by Crippen LogP contribution is 2.42. The minimum absolute atomic E-state index is 0.0927. The van der Waals surface area contributed by atoms with Crippen molar-refractivity contribution in [3.63, 3.8) is 0 Å². The Balaban J connectivity index is 1.93. The molecule has 1 N–H and O–H groups in total. The number of methoxy groups -OCH3 is 1. The van der Waals surface area contributed by atoms with E-state index >= 15 is 0 Å². The number of ether oxygens (including phenoxy) is 1. The molecule has 1 aliphatic heterocycles. The van der Waals surface area contributed by atoms with Crippen LogP contribution >= 0.6 is 23.2 Å². The van der Waals surface area contributed by atoms with E-state index in [9.17, 15) is 14.7 Å². The summed E-state index contributed by atoms with van der Waals surface area (Å²) in [5, 5.41) is 11.7. The van der Waals surface area contributed by atoms with Gasteiger partial charge in [0.2, 0.25) is 0 Å². The minimum Gasteiger partial charge on any atom is -0.507 e. The van der Waals surface area contributed by atoms with Crippen LogP contribution in [-0.2, 0) is 9.59 Å². The van der Waals surface area contributed by atoms with Crippen LogP contribution in [0, 0.1) is 0 Å². The Morgan fingerprint density at radius 1 is 1.06 bits per heavy atom. The van der Waals surface area contributed by atoms with E-state index < -0.39 is 17.7 Å². The molecule has 8 heteroatoms. The molecule has 1 atom stereocenters. The van der Waals surface area contributed by atoms with Gasteiger partial charge in [0.1, 0.15) is 17.6 Å². The number of rotatable bonds is 4. The number of Topliss-reactive ketones (excluding diaryl/α,β-unsaturated/α-hetero) is 1. The first-order valence-electron chi connectivity index (χ1n) is 9.23. The van der Waals surface area contributed by atoms with Crippen LogP contribution in [0.25, 0.3) is 5.76 Å². The topological polar surface area (TPSA) is 79.7 Å². The molecule has 2 aromatic carbocycles. The fraction of sp³-hybridized carbons (Fsp3) is 0.0870. The maximum absolute atomic E-state index is 13.1. The van der Waals surface area contributed by atoms with Gasteiger partial charge in [-0.1, -0.05) is 35.3 Å². The lowest BCUT2D eigenvalue weighted by Crippen LogP contribution is -2.29. The molecule has 1 aromatic heterocycles. The van der Waals surface area contributed by atoms with Crippen LogP contribution in [0.1, 0.15) is 17.3 Å². The van der Waals surface area contributed by atoms with Crippen molar-refractivity contribution >= 4 is 46.3 Å². The molecular formula is C23H16Cl2N2O4. The summed E-state index contributed by atoms with van der Waals surface area (Å²) in [7, 11) is 1.47. The number of carbonyl (C=O) groups excluding carboxylic acids is 2. The third-order valence-electron chi connectivity index (χ3n) is 4.92. The number of hydrogen-bond acceptors (Lipinski definition) is 5. The summed E-state index contributed by atoms with van der Waals surface area (Å²) in [6, 6.07) is 15.4. The quantitative estimate of drug-likeness (QED) is 0.340. The number of nitrogens with zero attached hydrogens (tertiary/aromatic N) is 2. The van der Waals surface area contributed by atoms with Crippen molar-refractivity contribution in [1.82, 2.24) is 4.98 Å². The van der Waals surface area contributed by atoms with Crippen LogP contribution in [-0.4, -0.2) is 28.9 Å². The number of aromatic nitrogens is 1. The molecule has 1 amide bonds. The Morgan fingerprint density at radius 2 is 1.87 bits per heavy atom. The first kappa shape index (κ1) is 20.9. The second-order valence-electron chi connectivity index (χ2n) is 6.75. The van der Waals surface area contributed by atoms with Crippen molar-refractivity contribution in [2.75, 3.05) is 12.0 Å². The smallest absolute Gasteiger partial charge is 0.300 e. The van der Waals surface area contributed by atoms with E-state index in [2.05, 4.69) is 4.98 Å². The van der Waals surface area contributed by atoms with Gasteiger partial charge in [-0.25, -0.2) is 0 Å². The summed E-state index contributed by atoms with van der Waals surface area (Å²) in [5.41, 5.74) is 1.01. The molecule has 0 radical (unpaired) electrons. The predicted octanol–water partition coefficient (Wildman–Crippen LogP) is 5.02. The van der Waals surface area contributed by atoms with E-state index in [-0.39, 0.29) is 21.9 Å². The standard InChI is InChI=1S/C23H16Cl2N2O4/c1-31-18-9-8-13(11-16(18)25)21(28)19-20(17-7-2-3-10-26-17)27(23(30)22(19)29)15-6-4-5-14(24)12-15/h2-12,20,28H,1H3/b21-19+. The van der Waals surface area contributed by atoms with E-state index in [0.717, 1.165) is 0 Å². The molecule has 1 fully saturated rings. The van der Waals surface area contributed by atoms with Crippen LogP contribution in [0.15, 0.2) is 72.4 Å². The van der Waals surface area contributed by atoms with E-state index in [1.54, 1.807) is 60.8 Å². The molecule has 0 spiro atoms. The molecular weight excluding hydrogens is 439 g/mol. The zero-order valence-electron chi connectivity index (χ0n) is 16.3. The normalized spacial score (nSPS) is 17.8. The van der Waals surface area contributed by atoms with Gasteiger partial charge in [0.25, 0.3) is 11.7 Å². The van der Waals surface area contributed by atoms with E-state index in [0.29, 0.717) is 22.2 Å². The highest BCUT2D eigenvalue weighted by atomic mass is 35.5. The fourth-order valence-electron chi connectivity index (χ4n) is 3.51. The Hall–Kier alpha value is -3.35. The van der Waals surface area contributed by atoms with Gasteiger partial charge in [0.05, 0.1) is 23.4 Å². The van der Waals surface area contributed by atoms with Crippen LogP contribution < -0.4 is 9.64 Å². The summed E-state index contributed by atoms with van der Waals surface area (Å²) in [6.45, 7) is 0. The molecule has 156 valence electrons. The number of pyridine rings is 1. The van der Waals surface area contributed by atoms with Gasteiger partial charge in [-0.3, -0.25) is 19.5 Å². The van der Waals surface area contributed by atoms with Crippen molar-refractivity contribution in [3.8, 4) is 5.75 Å². The van der Waals surface area contributed by atoms with Crippen molar-refractivity contribution < 1.29 is 19.4 Å². The Morgan fingerprint density at radius 3 is 2.52 bits per heavy atom. The lowest BCUT2D eigenvalue weighted by Gasteiger charge is -2.24. The van der Waals surface area contributed by atoms with Gasteiger partial charge in [0, 0.05) is 22.5 Å². The second kappa shape index (κ2) is 8.41. The molecule has 2 heterocycles. The SMILES string of the molecule is COc1ccc(/C(O)=C2\C(=O)C(=O)N(c3cccc(Cl)c3)C2c2ccccn2)cc1Cl. The van der Waals surface area contributed by atoms with Crippen LogP contribution in [0.5, 0.6) is 5.75 Å². The molecule has 6 nitrogen and oxygen atoms in total. The molecule has 1 unspecified atom stereocenters. The maximum atomic E-state index is 13.1. The van der Waals surface area contributed by atoms with Gasteiger partial charge in [0.15, 0.2) is 0 Å². The zero-order chi connectivity index (χ0) is 22.1. The monoisotopic (exact) mass is 454 g/mol. The summed E-state index contributed by atoms with van der Waals surface area (Å²) < 4.78 is 5.14. The summed E-state index contributed by atoms with van der Waals surface area (Å²) in [6.07, 6.45) is 1.55. The lowest BCUT2D eigenvalue weighted by atomic mass is 9.98. The van der Waals surface area contributed by atoms with Crippen molar-refractivity contribution in [1.29, 1.82) is 0 Å². The molecule has 31 heavy (non-hydrogen) atoms. The molecule has 3 aromatic rings. The zero-order valence-corrected chi connectivity index (χ0v) is 17.8. The van der Waals surface area contributed by atoms with Gasteiger partial charge >= 0.3 is 0 Å². The molecule has 1 saturated heterocycles. The second-order valence-corrected chi connectivity index (χ2v) is 7.60. The van der Waals surface area contributed by atoms with Crippen molar-refractivity contribution in [3.05, 3.63) is 93.7 Å². The number of halogens is 2. The van der Waals surface area contributed by atoms with Crippen LogP contribution in [0.3, 0.4) is 0 Å². The third-order valence-corrected chi connectivity index (χ3v) is 5.45. The number of aliphatic hydroxyl groups excluding tert-OH is 1. The highest BCUT2D eigenvalue weighted by molar-refractivity contribution is 6.51. The molecule has 0 saturated carbocycles. The number of hydrogen-bond donors (Lipinski definition) is 1. The first-order valence-corrected chi connectivity index (χ1v) is 9.99. The van der Waals surface area contributed by atoms with Crippen molar-refractivity contribution in [2.45, 2.75) is 6.04 Å². The van der Waals surface area contributed by atoms with Gasteiger partial charge in [-0.2, -0.15) is 0 Å². The maximum Gasteiger partial charge on any atom is 0.300 e. The number of aliphatic hydroxyl groups is 1. The molecule has 4 rings (SSSR count). The third kappa shape index (κ3) is 3.76. The van der Waals surface area contributed by atoms with Crippen LogP contribution in [0.2, 0.25) is 10.0 Å². The summed E-state index contributed by atoms with van der Waals surface area (Å²) in [5.74, 6) is -1.57. The number of benzene rings is 2. The van der Waals surface area contributed by atoms with Gasteiger partial charge in [-0.05, 0) is 48.5 Å². The van der Waals surface area contributed by atoms with Crippen molar-refractivity contribution in [2.24, 2.45) is 0 Å². The van der Waals surface area contributed by atoms with E-state index in [4.69, 9.17) is 27.9 Å². The highest BCUT2D eigenvalue weighted by Gasteiger charge is 2.47. The molecule has 1 aliphatic rings. The van der Waals surface area contributed by atoms with Gasteiger partial charge in [-0.15, -0.1) is 0 Å². The Labute approximate surface area is 188 Å². The number of amides is 1. The number of ketones is 1. The first-order chi connectivity index (χ1) is 14.9. The van der Waals surface area contributed by atoms with E-state index in [1.165, 1.54) is 18.1 Å². The molecule has 0 aliphatic carbocycles. The Bertz CT molecular complexity index is 1210.